The Morgan fingerprint density at radius 3 is 2.29 bits per heavy atom. The van der Waals surface area contributed by atoms with Crippen LogP contribution in [0.2, 0.25) is 0 Å². The largest absolute Gasteiger partial charge is 0.482 e. The van der Waals surface area contributed by atoms with Crippen LogP contribution in [0.5, 0.6) is 5.75 Å². The van der Waals surface area contributed by atoms with Crippen LogP contribution in [-0.4, -0.2) is 18.8 Å². The highest BCUT2D eigenvalue weighted by Gasteiger charge is 2.28. The standard InChI is InChI=1S/C16H22F3NO/c17-16(18,19)12-21-15-11-7-6-10-14(15)20-13-8-4-2-1-3-5-9-13/h6-7,10-11,13,20H,1-5,8-9,12H2. The number of benzene rings is 1. The zero-order valence-electron chi connectivity index (χ0n) is 12.1. The van der Waals surface area contributed by atoms with Crippen LogP contribution in [0.25, 0.3) is 0 Å². The van der Waals surface area contributed by atoms with Gasteiger partial charge in [0, 0.05) is 6.04 Å². The monoisotopic (exact) mass is 301 g/mol. The van der Waals surface area contributed by atoms with Gasteiger partial charge in [-0.25, -0.2) is 0 Å². The van der Waals surface area contributed by atoms with Gasteiger partial charge >= 0.3 is 6.18 Å². The van der Waals surface area contributed by atoms with Gasteiger partial charge in [-0.2, -0.15) is 13.2 Å². The smallest absolute Gasteiger partial charge is 0.422 e. The summed E-state index contributed by atoms with van der Waals surface area (Å²) in [6.07, 6.45) is 3.92. The second-order valence-electron chi connectivity index (χ2n) is 5.59. The van der Waals surface area contributed by atoms with Gasteiger partial charge in [0.2, 0.25) is 0 Å². The molecule has 2 nitrogen and oxygen atoms in total. The van der Waals surface area contributed by atoms with Crippen LogP contribution in [0.4, 0.5) is 18.9 Å². The highest BCUT2D eigenvalue weighted by molar-refractivity contribution is 5.56. The number of alkyl halides is 3. The predicted octanol–water partition coefficient (Wildman–Crippen LogP) is 5.15. The first kappa shape index (κ1) is 16.0. The van der Waals surface area contributed by atoms with Crippen molar-refractivity contribution in [3.05, 3.63) is 24.3 Å². The van der Waals surface area contributed by atoms with E-state index in [4.69, 9.17) is 4.74 Å². The molecule has 0 bridgehead atoms. The van der Waals surface area contributed by atoms with Crippen LogP contribution < -0.4 is 10.1 Å². The second-order valence-corrected chi connectivity index (χ2v) is 5.59. The number of anilines is 1. The zero-order valence-corrected chi connectivity index (χ0v) is 12.1. The topological polar surface area (TPSA) is 21.3 Å². The van der Waals surface area contributed by atoms with E-state index in [1.165, 1.54) is 32.1 Å². The molecule has 0 spiro atoms. The first-order chi connectivity index (χ1) is 10.0. The second kappa shape index (κ2) is 7.57. The Kier molecular flexibility index (Phi) is 5.76. The van der Waals surface area contributed by atoms with Crippen molar-refractivity contribution in [1.82, 2.24) is 0 Å². The first-order valence-corrected chi connectivity index (χ1v) is 7.60. The Morgan fingerprint density at radius 2 is 1.62 bits per heavy atom. The van der Waals surface area contributed by atoms with Crippen LogP contribution in [0.15, 0.2) is 24.3 Å². The average Bonchev–Trinajstić information content (AvgIpc) is 2.39. The molecule has 0 aliphatic heterocycles. The summed E-state index contributed by atoms with van der Waals surface area (Å²) in [5.74, 6) is 0.275. The van der Waals surface area contributed by atoms with Gasteiger partial charge in [-0.3, -0.25) is 0 Å². The Hall–Kier alpha value is -1.39. The zero-order chi connectivity index (χ0) is 15.1. The summed E-state index contributed by atoms with van der Waals surface area (Å²) in [7, 11) is 0. The van der Waals surface area contributed by atoms with Gasteiger partial charge in [-0.15, -0.1) is 0 Å². The lowest BCUT2D eigenvalue weighted by molar-refractivity contribution is -0.153. The minimum Gasteiger partial charge on any atom is -0.482 e. The molecular weight excluding hydrogens is 279 g/mol. The van der Waals surface area contributed by atoms with Gasteiger partial charge < -0.3 is 10.1 Å². The molecule has 1 aliphatic rings. The molecule has 0 unspecified atom stereocenters. The third-order valence-electron chi connectivity index (χ3n) is 3.74. The highest BCUT2D eigenvalue weighted by atomic mass is 19.4. The van der Waals surface area contributed by atoms with Crippen LogP contribution >= 0.6 is 0 Å². The molecule has 5 heteroatoms. The number of halogens is 3. The van der Waals surface area contributed by atoms with E-state index in [0.717, 1.165) is 12.8 Å². The quantitative estimate of drug-likeness (QED) is 0.830. The molecule has 1 aromatic carbocycles. The van der Waals surface area contributed by atoms with Gasteiger partial charge in [-0.05, 0) is 25.0 Å². The van der Waals surface area contributed by atoms with Gasteiger partial charge in [0.15, 0.2) is 6.61 Å². The van der Waals surface area contributed by atoms with E-state index in [-0.39, 0.29) is 5.75 Å². The summed E-state index contributed by atoms with van der Waals surface area (Å²) in [5, 5.41) is 3.36. The van der Waals surface area contributed by atoms with Crippen molar-refractivity contribution in [2.75, 3.05) is 11.9 Å². The van der Waals surface area contributed by atoms with Crippen molar-refractivity contribution in [3.63, 3.8) is 0 Å². The maximum atomic E-state index is 12.3. The summed E-state index contributed by atoms with van der Waals surface area (Å²) in [6, 6.07) is 7.18. The lowest BCUT2D eigenvalue weighted by Gasteiger charge is -2.23. The van der Waals surface area contributed by atoms with E-state index in [2.05, 4.69) is 5.32 Å². The van der Waals surface area contributed by atoms with E-state index >= 15 is 0 Å². The fraction of sp³-hybridized carbons (Fsp3) is 0.625. The maximum absolute atomic E-state index is 12.3. The lowest BCUT2D eigenvalue weighted by atomic mass is 9.96. The molecule has 1 aliphatic carbocycles. The summed E-state index contributed by atoms with van der Waals surface area (Å²) in [6.45, 7) is -1.25. The van der Waals surface area contributed by atoms with Crippen molar-refractivity contribution < 1.29 is 17.9 Å². The number of para-hydroxylation sites is 2. The maximum Gasteiger partial charge on any atom is 0.422 e. The molecule has 0 heterocycles. The molecule has 0 radical (unpaired) electrons. The molecule has 1 saturated carbocycles. The summed E-state index contributed by atoms with van der Waals surface area (Å²) in [4.78, 5) is 0. The van der Waals surface area contributed by atoms with E-state index in [0.29, 0.717) is 11.7 Å². The van der Waals surface area contributed by atoms with E-state index in [1.54, 1.807) is 18.2 Å². The number of nitrogens with one attached hydrogen (secondary N) is 1. The first-order valence-electron chi connectivity index (χ1n) is 7.60. The molecule has 21 heavy (non-hydrogen) atoms. The molecule has 0 amide bonds. The third kappa shape index (κ3) is 5.86. The Balaban J connectivity index is 1.98. The fourth-order valence-corrected chi connectivity index (χ4v) is 2.69. The Labute approximate surface area is 123 Å². The van der Waals surface area contributed by atoms with Crippen molar-refractivity contribution >= 4 is 5.69 Å². The number of rotatable bonds is 4. The number of hydrogen-bond acceptors (Lipinski definition) is 2. The van der Waals surface area contributed by atoms with Crippen LogP contribution in [0.1, 0.15) is 44.9 Å². The van der Waals surface area contributed by atoms with E-state index in [1.807, 2.05) is 6.07 Å². The molecule has 1 fully saturated rings. The summed E-state index contributed by atoms with van der Waals surface area (Å²) < 4.78 is 41.8. The Bertz CT molecular complexity index is 426. The molecule has 0 aromatic heterocycles. The van der Waals surface area contributed by atoms with Crippen molar-refractivity contribution in [2.24, 2.45) is 0 Å². The van der Waals surface area contributed by atoms with Gasteiger partial charge in [0.05, 0.1) is 5.69 Å². The molecule has 0 atom stereocenters. The minimum atomic E-state index is -4.31. The summed E-state index contributed by atoms with van der Waals surface area (Å²) in [5.41, 5.74) is 0.660. The van der Waals surface area contributed by atoms with Gasteiger partial charge in [-0.1, -0.05) is 44.2 Å². The van der Waals surface area contributed by atoms with E-state index < -0.39 is 12.8 Å². The van der Waals surface area contributed by atoms with Crippen molar-refractivity contribution in [3.8, 4) is 5.75 Å². The van der Waals surface area contributed by atoms with Crippen molar-refractivity contribution in [1.29, 1.82) is 0 Å². The average molecular weight is 301 g/mol. The third-order valence-corrected chi connectivity index (χ3v) is 3.74. The lowest BCUT2D eigenvalue weighted by Crippen LogP contribution is -2.22. The Morgan fingerprint density at radius 1 is 1.00 bits per heavy atom. The van der Waals surface area contributed by atoms with Crippen LogP contribution in [0, 0.1) is 0 Å². The molecule has 0 saturated heterocycles. The molecule has 2 rings (SSSR count). The predicted molar refractivity (Wildman–Crippen MR) is 77.7 cm³/mol. The minimum absolute atomic E-state index is 0.275. The molecule has 1 N–H and O–H groups in total. The SMILES string of the molecule is FC(F)(F)COc1ccccc1NC1CCCCCCC1. The van der Waals surface area contributed by atoms with Crippen LogP contribution in [0.3, 0.4) is 0 Å². The van der Waals surface area contributed by atoms with Gasteiger partial charge in [0.25, 0.3) is 0 Å². The molecule has 1 aromatic rings. The normalized spacial score (nSPS) is 17.9. The summed E-state index contributed by atoms with van der Waals surface area (Å²) >= 11 is 0. The van der Waals surface area contributed by atoms with Gasteiger partial charge in [0.1, 0.15) is 5.75 Å². The van der Waals surface area contributed by atoms with E-state index in [9.17, 15) is 13.2 Å². The fourth-order valence-electron chi connectivity index (χ4n) is 2.69. The molecular formula is C16H22F3NO. The number of ether oxygens (including phenoxy) is 1. The molecule has 118 valence electrons. The van der Waals surface area contributed by atoms with Crippen molar-refractivity contribution in [2.45, 2.75) is 57.2 Å². The van der Waals surface area contributed by atoms with Crippen LogP contribution in [-0.2, 0) is 0 Å². The number of hydrogen-bond donors (Lipinski definition) is 1. The highest BCUT2D eigenvalue weighted by Crippen LogP contribution is 2.29.